The fourth-order valence-corrected chi connectivity index (χ4v) is 1.72. The lowest BCUT2D eigenvalue weighted by Crippen LogP contribution is -2.29. The van der Waals surface area contributed by atoms with Crippen molar-refractivity contribution in [3.63, 3.8) is 0 Å². The molecular formula is C9H14N2O. The molecule has 1 fully saturated rings. The second-order valence-electron chi connectivity index (χ2n) is 2.98. The second kappa shape index (κ2) is 4.19. The molecule has 0 aromatic carbocycles. The molecule has 12 heavy (non-hydrogen) atoms. The third-order valence-electron chi connectivity index (χ3n) is 2.34. The number of likely N-dealkylation sites (tertiary alicyclic amines) is 1. The number of nitrogens with zero attached hydrogens (tertiary/aromatic N) is 2. The SMILES string of the molecule is C=C(N=C=O)C1CCCN1CC. The van der Waals surface area contributed by atoms with Crippen LogP contribution >= 0.6 is 0 Å². The fraction of sp³-hybridized carbons (Fsp3) is 0.667. The van der Waals surface area contributed by atoms with Crippen LogP contribution in [0.1, 0.15) is 19.8 Å². The smallest absolute Gasteiger partial charge is 0.240 e. The fourth-order valence-electron chi connectivity index (χ4n) is 1.72. The van der Waals surface area contributed by atoms with E-state index in [1.165, 1.54) is 12.5 Å². The van der Waals surface area contributed by atoms with E-state index >= 15 is 0 Å². The largest absolute Gasteiger partial charge is 0.295 e. The van der Waals surface area contributed by atoms with Crippen molar-refractivity contribution < 1.29 is 4.79 Å². The van der Waals surface area contributed by atoms with Crippen molar-refractivity contribution in [2.45, 2.75) is 25.8 Å². The minimum absolute atomic E-state index is 0.274. The summed E-state index contributed by atoms with van der Waals surface area (Å²) in [5.74, 6) is 0. The summed E-state index contributed by atoms with van der Waals surface area (Å²) < 4.78 is 0. The van der Waals surface area contributed by atoms with Crippen LogP contribution in [0.5, 0.6) is 0 Å². The Morgan fingerprint density at radius 3 is 3.17 bits per heavy atom. The Labute approximate surface area is 72.8 Å². The van der Waals surface area contributed by atoms with Crippen molar-refractivity contribution in [2.24, 2.45) is 4.99 Å². The first-order valence-electron chi connectivity index (χ1n) is 4.30. The van der Waals surface area contributed by atoms with E-state index < -0.39 is 0 Å². The summed E-state index contributed by atoms with van der Waals surface area (Å²) in [7, 11) is 0. The first kappa shape index (κ1) is 9.17. The van der Waals surface area contributed by atoms with E-state index in [0.29, 0.717) is 5.70 Å². The van der Waals surface area contributed by atoms with Gasteiger partial charge in [-0.25, -0.2) is 4.79 Å². The van der Waals surface area contributed by atoms with Gasteiger partial charge in [0, 0.05) is 0 Å². The van der Waals surface area contributed by atoms with Crippen molar-refractivity contribution in [1.82, 2.24) is 4.90 Å². The number of carbonyl (C=O) groups excluding carboxylic acids is 1. The molecule has 0 N–H and O–H groups in total. The third-order valence-corrected chi connectivity index (χ3v) is 2.34. The molecule has 3 nitrogen and oxygen atoms in total. The van der Waals surface area contributed by atoms with Crippen molar-refractivity contribution in [1.29, 1.82) is 0 Å². The molecule has 0 aromatic heterocycles. The molecule has 1 saturated heterocycles. The highest BCUT2D eigenvalue weighted by Crippen LogP contribution is 2.22. The summed E-state index contributed by atoms with van der Waals surface area (Å²) in [5, 5.41) is 0. The number of isocyanates is 1. The van der Waals surface area contributed by atoms with Crippen LogP contribution in [0.3, 0.4) is 0 Å². The highest BCUT2D eigenvalue weighted by atomic mass is 16.1. The normalized spacial score (nSPS) is 23.6. The van der Waals surface area contributed by atoms with Crippen molar-refractivity contribution in [2.75, 3.05) is 13.1 Å². The molecule has 1 aliphatic rings. The molecule has 1 aliphatic heterocycles. The van der Waals surface area contributed by atoms with Crippen LogP contribution in [0.4, 0.5) is 0 Å². The Hall–Kier alpha value is -0.920. The maximum Gasteiger partial charge on any atom is 0.240 e. The number of rotatable bonds is 3. The lowest BCUT2D eigenvalue weighted by molar-refractivity contribution is 0.295. The average Bonchev–Trinajstić information content (AvgIpc) is 2.51. The van der Waals surface area contributed by atoms with E-state index in [9.17, 15) is 4.79 Å². The highest BCUT2D eigenvalue weighted by Gasteiger charge is 2.24. The zero-order valence-electron chi connectivity index (χ0n) is 7.42. The Morgan fingerprint density at radius 2 is 2.58 bits per heavy atom. The molecule has 66 valence electrons. The molecule has 0 saturated carbocycles. The van der Waals surface area contributed by atoms with Gasteiger partial charge in [-0.1, -0.05) is 13.5 Å². The lowest BCUT2D eigenvalue weighted by atomic mass is 10.2. The van der Waals surface area contributed by atoms with Crippen LogP contribution < -0.4 is 0 Å². The minimum Gasteiger partial charge on any atom is -0.295 e. The quantitative estimate of drug-likeness (QED) is 0.468. The maximum atomic E-state index is 10.00. The van der Waals surface area contributed by atoms with Gasteiger partial charge < -0.3 is 0 Å². The first-order valence-corrected chi connectivity index (χ1v) is 4.30. The average molecular weight is 166 g/mol. The molecule has 1 atom stereocenters. The second-order valence-corrected chi connectivity index (χ2v) is 2.98. The van der Waals surface area contributed by atoms with Crippen molar-refractivity contribution >= 4 is 6.08 Å². The van der Waals surface area contributed by atoms with Gasteiger partial charge in [-0.3, -0.25) is 4.90 Å². The van der Waals surface area contributed by atoms with E-state index in [2.05, 4.69) is 23.4 Å². The van der Waals surface area contributed by atoms with Crippen molar-refractivity contribution in [3.05, 3.63) is 12.3 Å². The molecule has 0 spiro atoms. The standard InChI is InChI=1S/C9H14N2O/c1-3-11-6-4-5-9(11)8(2)10-7-12/h9H,2-6H2,1H3. The molecule has 1 rings (SSSR count). The molecule has 0 aromatic rings. The predicted molar refractivity (Wildman–Crippen MR) is 47.5 cm³/mol. The van der Waals surface area contributed by atoms with Gasteiger partial charge in [0.1, 0.15) is 0 Å². The molecule has 0 bridgehead atoms. The third kappa shape index (κ3) is 1.81. The Bertz CT molecular complexity index is 219. The van der Waals surface area contributed by atoms with Gasteiger partial charge in [-0.05, 0) is 25.9 Å². The predicted octanol–water partition coefficient (Wildman–Crippen LogP) is 1.32. The van der Waals surface area contributed by atoms with Crippen LogP contribution in [0.2, 0.25) is 0 Å². The molecule has 0 aliphatic carbocycles. The van der Waals surface area contributed by atoms with Gasteiger partial charge in [0.15, 0.2) is 0 Å². The number of aliphatic imine (C=N–C) groups is 1. The van der Waals surface area contributed by atoms with Crippen LogP contribution in [0, 0.1) is 0 Å². The number of hydrogen-bond acceptors (Lipinski definition) is 3. The van der Waals surface area contributed by atoms with E-state index in [1.807, 2.05) is 0 Å². The maximum absolute atomic E-state index is 10.00. The Morgan fingerprint density at radius 1 is 1.83 bits per heavy atom. The molecule has 1 unspecified atom stereocenters. The monoisotopic (exact) mass is 166 g/mol. The summed E-state index contributed by atoms with van der Waals surface area (Å²) in [6, 6.07) is 0.274. The molecule has 0 amide bonds. The van der Waals surface area contributed by atoms with E-state index in [1.54, 1.807) is 0 Å². The van der Waals surface area contributed by atoms with Gasteiger partial charge >= 0.3 is 0 Å². The first-order chi connectivity index (χ1) is 5.79. The minimum atomic E-state index is 0.274. The van der Waals surface area contributed by atoms with Crippen LogP contribution in [-0.2, 0) is 4.79 Å². The molecular weight excluding hydrogens is 152 g/mol. The van der Waals surface area contributed by atoms with Crippen LogP contribution in [0.15, 0.2) is 17.3 Å². The van der Waals surface area contributed by atoms with Gasteiger partial charge in [0.25, 0.3) is 0 Å². The summed E-state index contributed by atoms with van der Waals surface area (Å²) >= 11 is 0. The number of likely N-dealkylation sites (N-methyl/N-ethyl adjacent to an activating group) is 1. The lowest BCUT2D eigenvalue weighted by Gasteiger charge is -2.21. The van der Waals surface area contributed by atoms with Crippen LogP contribution in [0.25, 0.3) is 0 Å². The van der Waals surface area contributed by atoms with Gasteiger partial charge in [-0.2, -0.15) is 4.99 Å². The van der Waals surface area contributed by atoms with Crippen molar-refractivity contribution in [3.8, 4) is 0 Å². The zero-order valence-corrected chi connectivity index (χ0v) is 7.42. The zero-order chi connectivity index (χ0) is 8.97. The number of hydrogen-bond donors (Lipinski definition) is 0. The Kier molecular flexibility index (Phi) is 3.20. The summed E-state index contributed by atoms with van der Waals surface area (Å²) in [6.45, 7) is 7.95. The summed E-state index contributed by atoms with van der Waals surface area (Å²) in [6.07, 6.45) is 3.78. The van der Waals surface area contributed by atoms with E-state index in [4.69, 9.17) is 0 Å². The topological polar surface area (TPSA) is 32.7 Å². The van der Waals surface area contributed by atoms with Crippen LogP contribution in [-0.4, -0.2) is 30.1 Å². The Balaban J connectivity index is 2.60. The van der Waals surface area contributed by atoms with Gasteiger partial charge in [0.2, 0.25) is 6.08 Å². The summed E-state index contributed by atoms with van der Waals surface area (Å²) in [4.78, 5) is 15.8. The molecule has 3 heteroatoms. The highest BCUT2D eigenvalue weighted by molar-refractivity contribution is 5.37. The van der Waals surface area contributed by atoms with Gasteiger partial charge in [0.05, 0.1) is 11.7 Å². The summed E-state index contributed by atoms with van der Waals surface area (Å²) in [5.41, 5.74) is 0.657. The molecule has 1 heterocycles. The van der Waals surface area contributed by atoms with Gasteiger partial charge in [-0.15, -0.1) is 0 Å². The molecule has 0 radical (unpaired) electrons. The van der Waals surface area contributed by atoms with E-state index in [-0.39, 0.29) is 6.04 Å². The van der Waals surface area contributed by atoms with E-state index in [0.717, 1.165) is 19.5 Å².